The molecule has 4 N–H and O–H groups in total. The standard InChI is InChI=1S/C45H45N7O8/c1-6-29-31-17-28(53)9-10-35(31)46-40-33(29)22-51-21-26-23-59-42(56)45(7-2,34(26)19-37(40)51)60-44(58)49(5)14-15-50-13-12-25-16-27(8-11-36(25)50)52-41(47-48-43(52)57)32-18-30(24(3)4)38(54)20-39(32)55/h8-13,16-20,24,53-55H,6-7,14-15,21-23H2,1-5H3,(H,48,57). The zero-order valence-electron chi connectivity index (χ0n) is 33.9. The van der Waals surface area contributed by atoms with Crippen LogP contribution in [0.3, 0.4) is 0 Å². The van der Waals surface area contributed by atoms with Crippen LogP contribution in [0.15, 0.2) is 82.8 Å². The number of phenols is 3. The number of aromatic hydroxyl groups is 3. The van der Waals surface area contributed by atoms with Gasteiger partial charge in [0.05, 0.1) is 28.2 Å². The largest absolute Gasteiger partial charge is 0.508 e. The van der Waals surface area contributed by atoms with Crippen molar-refractivity contribution in [3.8, 4) is 34.3 Å². The van der Waals surface area contributed by atoms with Crippen LogP contribution in [0.1, 0.15) is 62.4 Å². The first kappa shape index (κ1) is 38.5. The lowest BCUT2D eigenvalue weighted by molar-refractivity contribution is -0.164. The number of aromatic amines is 1. The molecule has 0 fully saturated rings. The first-order valence-corrected chi connectivity index (χ1v) is 20.1. The second-order valence-electron chi connectivity index (χ2n) is 15.9. The number of aromatic nitrogens is 5. The number of nitrogens with one attached hydrogen (secondary N) is 1. The van der Waals surface area contributed by atoms with Gasteiger partial charge in [-0.1, -0.05) is 27.7 Å². The number of carbonyl (C=O) groups is 2. The number of aryl methyl sites for hydroxylation is 1. The Morgan fingerprint density at radius 3 is 2.62 bits per heavy atom. The summed E-state index contributed by atoms with van der Waals surface area (Å²) in [4.78, 5) is 49.3. The molecule has 3 aromatic heterocycles. The van der Waals surface area contributed by atoms with Crippen molar-refractivity contribution in [1.29, 1.82) is 0 Å². The molecule has 0 radical (unpaired) electrons. The lowest BCUT2D eigenvalue weighted by atomic mass is 9.82. The molecule has 1 unspecified atom stereocenters. The number of likely N-dealkylation sites (N-methyl/N-ethyl adjacent to an activating group) is 1. The Morgan fingerprint density at radius 1 is 1.03 bits per heavy atom. The van der Waals surface area contributed by atoms with Gasteiger partial charge in [0.2, 0.25) is 5.60 Å². The van der Waals surface area contributed by atoms with E-state index in [0.29, 0.717) is 42.0 Å². The van der Waals surface area contributed by atoms with E-state index in [9.17, 15) is 29.7 Å². The maximum Gasteiger partial charge on any atom is 0.411 e. The average molecular weight is 812 g/mol. The van der Waals surface area contributed by atoms with E-state index in [0.717, 1.165) is 56.3 Å². The van der Waals surface area contributed by atoms with Gasteiger partial charge in [0.15, 0.2) is 5.82 Å². The molecule has 0 spiro atoms. The van der Waals surface area contributed by atoms with Crippen LogP contribution in [-0.4, -0.2) is 93.8 Å². The highest BCUT2D eigenvalue weighted by Gasteiger charge is 2.52. The summed E-state index contributed by atoms with van der Waals surface area (Å²) in [5, 5.41) is 39.8. The van der Waals surface area contributed by atoms with Crippen LogP contribution in [0.5, 0.6) is 17.2 Å². The van der Waals surface area contributed by atoms with Crippen molar-refractivity contribution < 1.29 is 34.4 Å². The van der Waals surface area contributed by atoms with E-state index >= 15 is 0 Å². The van der Waals surface area contributed by atoms with Crippen molar-refractivity contribution in [1.82, 2.24) is 34.1 Å². The number of benzene rings is 3. The van der Waals surface area contributed by atoms with E-state index in [2.05, 4.69) is 22.0 Å². The summed E-state index contributed by atoms with van der Waals surface area (Å²) in [6, 6.07) is 15.5. The van der Waals surface area contributed by atoms with Gasteiger partial charge in [0, 0.05) is 72.9 Å². The minimum atomic E-state index is -1.65. The molecular formula is C45H45N7O8. The number of esters is 1. The third-order valence-electron chi connectivity index (χ3n) is 12.1. The van der Waals surface area contributed by atoms with Crippen LogP contribution < -0.4 is 5.69 Å². The second-order valence-corrected chi connectivity index (χ2v) is 15.9. The highest BCUT2D eigenvalue weighted by molar-refractivity contribution is 5.93. The van der Waals surface area contributed by atoms with Gasteiger partial charge in [-0.15, -0.1) is 0 Å². The first-order chi connectivity index (χ1) is 28.8. The monoisotopic (exact) mass is 811 g/mol. The van der Waals surface area contributed by atoms with Gasteiger partial charge in [0.25, 0.3) is 0 Å². The number of fused-ring (bicyclic) bond motifs is 5. The SMILES string of the molecule is CCc1c2c(nc3ccc(O)cc13)C1=CC3=C(COC(=O)C3(CC)OC(=O)N(C)CCn3ccc4cc(-n5c(-c6cc(C(C)C)c(O)cc6O)n[nH]c5=O)ccc43)CN1C2. The van der Waals surface area contributed by atoms with Crippen molar-refractivity contribution in [2.75, 3.05) is 26.7 Å². The fourth-order valence-corrected chi connectivity index (χ4v) is 8.88. The van der Waals surface area contributed by atoms with E-state index in [1.54, 1.807) is 31.3 Å². The van der Waals surface area contributed by atoms with Gasteiger partial charge in [-0.3, -0.25) is 0 Å². The van der Waals surface area contributed by atoms with Crippen molar-refractivity contribution in [3.05, 3.63) is 111 Å². The second kappa shape index (κ2) is 14.4. The Bertz CT molecular complexity index is 2900. The normalized spacial score (nSPS) is 17.2. The molecule has 3 aliphatic heterocycles. The van der Waals surface area contributed by atoms with Crippen molar-refractivity contribution in [2.45, 2.75) is 65.1 Å². The maximum absolute atomic E-state index is 13.9. The molecule has 3 aromatic carbocycles. The Hall–Kier alpha value is -7.03. The fourth-order valence-electron chi connectivity index (χ4n) is 8.88. The summed E-state index contributed by atoms with van der Waals surface area (Å²) in [7, 11) is 1.63. The average Bonchev–Trinajstić information content (AvgIpc) is 3.93. The predicted octanol–water partition coefficient (Wildman–Crippen LogP) is 6.47. The molecule has 0 bridgehead atoms. The Morgan fingerprint density at radius 2 is 1.85 bits per heavy atom. The number of hydrogen-bond donors (Lipinski definition) is 4. The van der Waals surface area contributed by atoms with E-state index < -0.39 is 23.4 Å². The number of H-pyrrole nitrogens is 1. The molecule has 1 atom stereocenters. The van der Waals surface area contributed by atoms with E-state index in [1.807, 2.05) is 61.9 Å². The molecule has 3 aliphatic rings. The van der Waals surface area contributed by atoms with Gasteiger partial charge in [0.1, 0.15) is 23.9 Å². The van der Waals surface area contributed by atoms with Crippen molar-refractivity contribution in [3.63, 3.8) is 0 Å². The molecule has 9 rings (SSSR count). The van der Waals surface area contributed by atoms with Gasteiger partial charge in [-0.05, 0) is 90.1 Å². The van der Waals surface area contributed by atoms with Crippen LogP contribution in [-0.2, 0) is 33.8 Å². The van der Waals surface area contributed by atoms with Gasteiger partial charge < -0.3 is 39.2 Å². The van der Waals surface area contributed by atoms with E-state index in [4.69, 9.17) is 14.5 Å². The zero-order valence-corrected chi connectivity index (χ0v) is 33.9. The Kier molecular flexibility index (Phi) is 9.21. The molecule has 308 valence electrons. The van der Waals surface area contributed by atoms with Gasteiger partial charge in [-0.25, -0.2) is 29.0 Å². The van der Waals surface area contributed by atoms with Crippen LogP contribution in [0.4, 0.5) is 4.79 Å². The summed E-state index contributed by atoms with van der Waals surface area (Å²) in [5.41, 5.74) is 6.28. The number of amides is 1. The van der Waals surface area contributed by atoms with E-state index in [1.165, 1.54) is 15.5 Å². The molecule has 15 nitrogen and oxygen atoms in total. The molecule has 0 saturated heterocycles. The fraction of sp³-hybridized carbons (Fsp3) is 0.311. The number of rotatable bonds is 9. The van der Waals surface area contributed by atoms with Crippen molar-refractivity contribution in [2.24, 2.45) is 0 Å². The molecular weight excluding hydrogens is 767 g/mol. The minimum Gasteiger partial charge on any atom is -0.508 e. The molecule has 0 aliphatic carbocycles. The van der Waals surface area contributed by atoms with E-state index in [-0.39, 0.29) is 48.6 Å². The summed E-state index contributed by atoms with van der Waals surface area (Å²) in [5.74, 6) is -0.525. The third kappa shape index (κ3) is 6.06. The minimum absolute atomic E-state index is 0.0409. The number of pyridine rings is 1. The number of phenolic OH excluding ortho intramolecular Hbond substituents is 3. The lowest BCUT2D eigenvalue weighted by Crippen LogP contribution is -2.52. The summed E-state index contributed by atoms with van der Waals surface area (Å²) >= 11 is 0. The number of ether oxygens (including phenoxy) is 2. The van der Waals surface area contributed by atoms with Crippen molar-refractivity contribution >= 4 is 39.6 Å². The van der Waals surface area contributed by atoms with Gasteiger partial charge >= 0.3 is 17.8 Å². The smallest absolute Gasteiger partial charge is 0.411 e. The topological polar surface area (TPSA) is 188 Å². The molecule has 1 amide bonds. The third-order valence-corrected chi connectivity index (χ3v) is 12.1. The summed E-state index contributed by atoms with van der Waals surface area (Å²) in [6.45, 7) is 9.59. The number of nitrogens with zero attached hydrogens (tertiary/aromatic N) is 6. The number of cyclic esters (lactones) is 1. The summed E-state index contributed by atoms with van der Waals surface area (Å²) < 4.78 is 15.3. The van der Waals surface area contributed by atoms with Gasteiger partial charge in [-0.2, -0.15) is 5.10 Å². The summed E-state index contributed by atoms with van der Waals surface area (Å²) in [6.07, 6.45) is 4.08. The number of hydrogen-bond acceptors (Lipinski definition) is 11. The molecule has 6 aromatic rings. The molecule has 6 heterocycles. The lowest BCUT2D eigenvalue weighted by Gasteiger charge is -2.40. The predicted molar refractivity (Wildman–Crippen MR) is 224 cm³/mol. The number of carbonyl (C=O) groups excluding carboxylic acids is 2. The quantitative estimate of drug-likeness (QED) is 0.117. The first-order valence-electron chi connectivity index (χ1n) is 20.1. The maximum atomic E-state index is 13.9. The zero-order chi connectivity index (χ0) is 42.2. The van der Waals surface area contributed by atoms with Crippen LogP contribution >= 0.6 is 0 Å². The Balaban J connectivity index is 0.949. The van der Waals surface area contributed by atoms with Crippen LogP contribution in [0.25, 0.3) is 44.6 Å². The highest BCUT2D eigenvalue weighted by atomic mass is 16.6. The Labute approximate surface area is 344 Å². The molecule has 0 saturated carbocycles. The molecule has 15 heteroatoms. The van der Waals surface area contributed by atoms with Crippen LogP contribution in [0.2, 0.25) is 0 Å². The highest BCUT2D eigenvalue weighted by Crippen LogP contribution is 2.46. The molecule has 60 heavy (non-hydrogen) atoms. The van der Waals surface area contributed by atoms with Crippen LogP contribution in [0, 0.1) is 0 Å².